The number of piperidine rings is 1. The van der Waals surface area contributed by atoms with Gasteiger partial charge in [-0.15, -0.1) is 6.58 Å². The summed E-state index contributed by atoms with van der Waals surface area (Å²) in [6.07, 6.45) is 1.92. The van der Waals surface area contributed by atoms with Gasteiger partial charge in [-0.1, -0.05) is 6.08 Å². The fourth-order valence-corrected chi connectivity index (χ4v) is 3.53. The Kier molecular flexibility index (Phi) is 3.16. The molecule has 0 radical (unpaired) electrons. The average Bonchev–Trinajstić information content (AvgIpc) is 2.54. The molecular weight excluding hydrogens is 258 g/mol. The van der Waals surface area contributed by atoms with Crippen molar-refractivity contribution in [3.63, 3.8) is 0 Å². The summed E-state index contributed by atoms with van der Waals surface area (Å²) in [7, 11) is -3.34. The number of hydrogen-bond donors (Lipinski definition) is 2. The highest BCUT2D eigenvalue weighted by atomic mass is 32.2. The number of hydrogen-bond acceptors (Lipinski definition) is 4. The van der Waals surface area contributed by atoms with Crippen molar-refractivity contribution in [3.05, 3.63) is 12.7 Å². The van der Waals surface area contributed by atoms with Crippen LogP contribution in [0.4, 0.5) is 4.79 Å². The van der Waals surface area contributed by atoms with E-state index in [1.807, 2.05) is 0 Å². The molecule has 0 aromatic carbocycles. The Morgan fingerprint density at radius 2 is 1.94 bits per heavy atom. The summed E-state index contributed by atoms with van der Waals surface area (Å²) in [4.78, 5) is 22.8. The number of rotatable bonds is 3. The minimum absolute atomic E-state index is 0.113. The van der Waals surface area contributed by atoms with Crippen molar-refractivity contribution < 1.29 is 18.0 Å². The summed E-state index contributed by atoms with van der Waals surface area (Å²) < 4.78 is 24.9. The van der Waals surface area contributed by atoms with E-state index in [1.165, 1.54) is 10.4 Å². The van der Waals surface area contributed by atoms with Gasteiger partial charge in [0.15, 0.2) is 0 Å². The zero-order valence-corrected chi connectivity index (χ0v) is 10.6. The van der Waals surface area contributed by atoms with Crippen LogP contribution in [0.15, 0.2) is 12.7 Å². The van der Waals surface area contributed by atoms with Crippen LogP contribution in [0.2, 0.25) is 0 Å². The van der Waals surface area contributed by atoms with E-state index in [4.69, 9.17) is 0 Å². The summed E-state index contributed by atoms with van der Waals surface area (Å²) in [5, 5.41) is 4.76. The molecule has 0 saturated carbocycles. The molecule has 0 atom stereocenters. The zero-order valence-electron chi connectivity index (χ0n) is 9.81. The summed E-state index contributed by atoms with van der Waals surface area (Å²) in [6.45, 7) is 3.86. The lowest BCUT2D eigenvalue weighted by Crippen LogP contribution is -2.55. The van der Waals surface area contributed by atoms with E-state index < -0.39 is 21.6 Å². The van der Waals surface area contributed by atoms with Gasteiger partial charge in [0, 0.05) is 13.1 Å². The Hall–Kier alpha value is -1.41. The van der Waals surface area contributed by atoms with Crippen LogP contribution < -0.4 is 10.6 Å². The van der Waals surface area contributed by atoms with E-state index in [2.05, 4.69) is 17.2 Å². The Labute approximate surface area is 105 Å². The van der Waals surface area contributed by atoms with Crippen molar-refractivity contribution in [2.45, 2.75) is 18.4 Å². The van der Waals surface area contributed by atoms with E-state index in [-0.39, 0.29) is 24.7 Å². The Balaban J connectivity index is 2.07. The molecule has 8 heteroatoms. The molecular formula is C10H15N3O4S. The van der Waals surface area contributed by atoms with Gasteiger partial charge in [-0.2, -0.15) is 0 Å². The predicted molar refractivity (Wildman–Crippen MR) is 64.2 cm³/mol. The van der Waals surface area contributed by atoms with Crippen LogP contribution in [0, 0.1) is 0 Å². The van der Waals surface area contributed by atoms with Gasteiger partial charge in [0.25, 0.3) is 5.91 Å². The first kappa shape index (κ1) is 13.0. The van der Waals surface area contributed by atoms with Crippen molar-refractivity contribution in [2.75, 3.05) is 18.8 Å². The van der Waals surface area contributed by atoms with Crippen molar-refractivity contribution in [1.29, 1.82) is 0 Å². The SMILES string of the molecule is C=CCS(=O)(=O)N1CCC2(CC1)NC(=O)NC2=O. The molecule has 0 aromatic rings. The number of urea groups is 1. The first-order valence-corrected chi connectivity index (χ1v) is 7.23. The van der Waals surface area contributed by atoms with E-state index in [1.54, 1.807) is 0 Å². The summed E-state index contributed by atoms with van der Waals surface area (Å²) in [5.74, 6) is -0.480. The van der Waals surface area contributed by atoms with Crippen LogP contribution in [0.25, 0.3) is 0 Å². The van der Waals surface area contributed by atoms with Crippen LogP contribution in [0.3, 0.4) is 0 Å². The van der Waals surface area contributed by atoms with E-state index in [0.717, 1.165) is 0 Å². The van der Waals surface area contributed by atoms with Gasteiger partial charge in [0.05, 0.1) is 5.75 Å². The molecule has 2 aliphatic rings. The molecule has 0 aliphatic carbocycles. The highest BCUT2D eigenvalue weighted by molar-refractivity contribution is 7.89. The largest absolute Gasteiger partial charge is 0.323 e. The minimum Gasteiger partial charge on any atom is -0.323 e. The lowest BCUT2D eigenvalue weighted by Gasteiger charge is -2.36. The first-order chi connectivity index (χ1) is 8.39. The Morgan fingerprint density at radius 1 is 1.33 bits per heavy atom. The van der Waals surface area contributed by atoms with Gasteiger partial charge in [-0.3, -0.25) is 10.1 Å². The average molecular weight is 273 g/mol. The summed E-state index contributed by atoms with van der Waals surface area (Å²) >= 11 is 0. The first-order valence-electron chi connectivity index (χ1n) is 5.62. The molecule has 100 valence electrons. The number of imide groups is 1. The van der Waals surface area contributed by atoms with Gasteiger partial charge in [0.2, 0.25) is 10.0 Å². The normalized spacial score (nSPS) is 23.8. The quantitative estimate of drug-likeness (QED) is 0.518. The highest BCUT2D eigenvalue weighted by Crippen LogP contribution is 2.26. The van der Waals surface area contributed by atoms with Crippen LogP contribution >= 0.6 is 0 Å². The fourth-order valence-electron chi connectivity index (χ4n) is 2.28. The molecule has 2 aliphatic heterocycles. The second-order valence-corrected chi connectivity index (χ2v) is 6.47. The van der Waals surface area contributed by atoms with E-state index in [0.29, 0.717) is 12.8 Å². The lowest BCUT2D eigenvalue weighted by atomic mass is 9.89. The number of carbonyl (C=O) groups excluding carboxylic acids is 2. The Bertz CT molecular complexity index is 491. The predicted octanol–water partition coefficient (Wildman–Crippen LogP) is -0.824. The molecule has 2 rings (SSSR count). The highest BCUT2D eigenvalue weighted by Gasteiger charge is 2.49. The second kappa shape index (κ2) is 4.36. The lowest BCUT2D eigenvalue weighted by molar-refractivity contribution is -0.125. The molecule has 2 N–H and O–H groups in total. The van der Waals surface area contributed by atoms with Gasteiger partial charge in [-0.25, -0.2) is 17.5 Å². The third kappa shape index (κ3) is 2.13. The smallest absolute Gasteiger partial charge is 0.322 e. The van der Waals surface area contributed by atoms with Gasteiger partial charge >= 0.3 is 6.03 Å². The molecule has 3 amide bonds. The third-order valence-electron chi connectivity index (χ3n) is 3.31. The monoisotopic (exact) mass is 273 g/mol. The third-order valence-corrected chi connectivity index (χ3v) is 5.12. The number of carbonyl (C=O) groups is 2. The molecule has 7 nitrogen and oxygen atoms in total. The molecule has 2 saturated heterocycles. The Morgan fingerprint density at radius 3 is 2.39 bits per heavy atom. The van der Waals surface area contributed by atoms with Crippen LogP contribution in [0.5, 0.6) is 0 Å². The molecule has 0 bridgehead atoms. The molecule has 1 spiro atoms. The van der Waals surface area contributed by atoms with E-state index >= 15 is 0 Å². The van der Waals surface area contributed by atoms with Crippen molar-refractivity contribution in [3.8, 4) is 0 Å². The van der Waals surface area contributed by atoms with Crippen molar-refractivity contribution >= 4 is 22.0 Å². The minimum atomic E-state index is -3.34. The summed E-state index contributed by atoms with van der Waals surface area (Å²) in [6, 6.07) is -0.512. The van der Waals surface area contributed by atoms with Crippen LogP contribution in [-0.4, -0.2) is 49.0 Å². The molecule has 0 aromatic heterocycles. The summed E-state index contributed by atoms with van der Waals surface area (Å²) in [5.41, 5.74) is -0.933. The van der Waals surface area contributed by atoms with Crippen molar-refractivity contribution in [2.24, 2.45) is 0 Å². The second-order valence-electron chi connectivity index (χ2n) is 4.46. The molecule has 2 fully saturated rings. The zero-order chi connectivity index (χ0) is 13.4. The standard InChI is InChI=1S/C10H15N3O4S/c1-2-7-18(16,17)13-5-3-10(4-6-13)8(14)11-9(15)12-10/h2H,1,3-7H2,(H2,11,12,14,15). The van der Waals surface area contributed by atoms with Gasteiger partial charge in [0.1, 0.15) is 5.54 Å². The number of nitrogens with one attached hydrogen (secondary N) is 2. The van der Waals surface area contributed by atoms with Crippen LogP contribution in [-0.2, 0) is 14.8 Å². The van der Waals surface area contributed by atoms with Crippen molar-refractivity contribution in [1.82, 2.24) is 14.9 Å². The van der Waals surface area contributed by atoms with E-state index in [9.17, 15) is 18.0 Å². The van der Waals surface area contributed by atoms with Crippen LogP contribution in [0.1, 0.15) is 12.8 Å². The maximum Gasteiger partial charge on any atom is 0.322 e. The maximum atomic E-state index is 11.8. The number of sulfonamides is 1. The number of nitrogens with zero attached hydrogens (tertiary/aromatic N) is 1. The molecule has 18 heavy (non-hydrogen) atoms. The fraction of sp³-hybridized carbons (Fsp3) is 0.600. The van der Waals surface area contributed by atoms with Gasteiger partial charge < -0.3 is 5.32 Å². The number of amides is 3. The molecule has 2 heterocycles. The molecule has 0 unspecified atom stereocenters. The van der Waals surface area contributed by atoms with Gasteiger partial charge in [-0.05, 0) is 12.8 Å². The maximum absolute atomic E-state index is 11.8. The topological polar surface area (TPSA) is 95.6 Å².